The second-order valence-corrected chi connectivity index (χ2v) is 5.70. The van der Waals surface area contributed by atoms with Crippen molar-refractivity contribution in [1.29, 1.82) is 0 Å². The van der Waals surface area contributed by atoms with E-state index in [1.165, 1.54) is 0 Å². The molecule has 2 atom stereocenters. The highest BCUT2D eigenvalue weighted by atomic mass is 16.5. The first-order valence-corrected chi connectivity index (χ1v) is 8.14. The molecule has 1 aromatic carbocycles. The van der Waals surface area contributed by atoms with Gasteiger partial charge in [-0.05, 0) is 28.3 Å². The van der Waals surface area contributed by atoms with E-state index in [0.29, 0.717) is 12.4 Å². The third-order valence-corrected chi connectivity index (χ3v) is 4.01. The molecule has 1 aromatic heterocycles. The molecule has 2 aromatic rings. The normalized spacial score (nSPS) is 13.5. The summed E-state index contributed by atoms with van der Waals surface area (Å²) in [7, 11) is 0. The largest absolute Gasteiger partial charge is 0.457 e. The average Bonchev–Trinajstić information content (AvgIpc) is 3.01. The lowest BCUT2D eigenvalue weighted by Gasteiger charge is -2.21. The van der Waals surface area contributed by atoms with Crippen LogP contribution >= 0.6 is 0 Å². The van der Waals surface area contributed by atoms with Gasteiger partial charge in [0.1, 0.15) is 0 Å². The van der Waals surface area contributed by atoms with Crippen LogP contribution in [0.2, 0.25) is 0 Å². The van der Waals surface area contributed by atoms with Gasteiger partial charge in [0, 0.05) is 6.54 Å². The maximum atomic E-state index is 12.6. The van der Waals surface area contributed by atoms with Crippen LogP contribution in [0.1, 0.15) is 50.9 Å². The summed E-state index contributed by atoms with van der Waals surface area (Å²) in [5.41, 5.74) is 0.986. The lowest BCUT2D eigenvalue weighted by Crippen LogP contribution is -2.23. The molecule has 124 valence electrons. The third kappa shape index (κ3) is 4.37. The molecule has 0 saturated heterocycles. The monoisotopic (exact) mass is 316 g/mol. The molecule has 2 rings (SSSR count). The van der Waals surface area contributed by atoms with Crippen LogP contribution in [0.15, 0.2) is 30.3 Å². The zero-order chi connectivity index (χ0) is 16.7. The van der Waals surface area contributed by atoms with E-state index in [1.807, 2.05) is 37.3 Å². The van der Waals surface area contributed by atoms with Crippen molar-refractivity contribution in [2.75, 3.05) is 0 Å². The van der Waals surface area contributed by atoms with Crippen molar-refractivity contribution in [2.45, 2.75) is 52.7 Å². The van der Waals surface area contributed by atoms with Gasteiger partial charge in [-0.15, -0.1) is 5.10 Å². The molecule has 0 aliphatic rings. The Morgan fingerprint density at radius 2 is 2.00 bits per heavy atom. The molecule has 0 bridgehead atoms. The van der Waals surface area contributed by atoms with E-state index < -0.39 is 0 Å². The number of aromatic nitrogens is 4. The Balaban J connectivity index is 2.08. The molecule has 0 N–H and O–H groups in total. The summed E-state index contributed by atoms with van der Waals surface area (Å²) in [5.74, 6) is 0.293. The first kappa shape index (κ1) is 17.1. The van der Waals surface area contributed by atoms with E-state index in [4.69, 9.17) is 4.74 Å². The maximum absolute atomic E-state index is 12.6. The van der Waals surface area contributed by atoms with Gasteiger partial charge >= 0.3 is 5.97 Å². The van der Waals surface area contributed by atoms with Crippen LogP contribution < -0.4 is 0 Å². The number of benzene rings is 1. The van der Waals surface area contributed by atoms with Crippen LogP contribution in [0.25, 0.3) is 0 Å². The molecule has 0 fully saturated rings. The zero-order valence-electron chi connectivity index (χ0n) is 14.0. The molecular weight excluding hydrogens is 292 g/mol. The van der Waals surface area contributed by atoms with Crippen LogP contribution in [-0.2, 0) is 22.7 Å². The van der Waals surface area contributed by atoms with Crippen molar-refractivity contribution in [2.24, 2.45) is 5.92 Å². The molecule has 0 aliphatic carbocycles. The van der Waals surface area contributed by atoms with Gasteiger partial charge in [0.15, 0.2) is 12.4 Å². The molecule has 6 heteroatoms. The Bertz CT molecular complexity index is 612. The van der Waals surface area contributed by atoms with Gasteiger partial charge in [-0.3, -0.25) is 4.79 Å². The number of nitrogens with zero attached hydrogens (tertiary/aromatic N) is 4. The minimum atomic E-state index is -0.267. The fourth-order valence-electron chi connectivity index (χ4n) is 2.53. The summed E-state index contributed by atoms with van der Waals surface area (Å²) >= 11 is 0. The van der Waals surface area contributed by atoms with Crippen LogP contribution in [0.4, 0.5) is 0 Å². The number of carbonyl (C=O) groups excluding carboxylic acids is 1. The summed E-state index contributed by atoms with van der Waals surface area (Å²) < 4.78 is 7.19. The van der Waals surface area contributed by atoms with Crippen LogP contribution in [0.5, 0.6) is 0 Å². The van der Waals surface area contributed by atoms with Crippen molar-refractivity contribution in [1.82, 2.24) is 20.2 Å². The van der Waals surface area contributed by atoms with Gasteiger partial charge < -0.3 is 4.74 Å². The highest BCUT2D eigenvalue weighted by molar-refractivity contribution is 5.78. The number of carbonyl (C=O) groups is 1. The van der Waals surface area contributed by atoms with Crippen LogP contribution in [0, 0.1) is 5.92 Å². The fraction of sp³-hybridized carbons (Fsp3) is 0.529. The van der Waals surface area contributed by atoms with E-state index in [2.05, 4.69) is 29.4 Å². The lowest BCUT2D eigenvalue weighted by molar-refractivity contribution is -0.148. The number of esters is 1. The Kier molecular flexibility index (Phi) is 6.26. The first-order valence-electron chi connectivity index (χ1n) is 8.14. The van der Waals surface area contributed by atoms with Crippen molar-refractivity contribution < 1.29 is 9.53 Å². The van der Waals surface area contributed by atoms with Gasteiger partial charge in [-0.2, -0.15) is 0 Å². The molecular formula is C17H24N4O2. The third-order valence-electron chi connectivity index (χ3n) is 4.01. The quantitative estimate of drug-likeness (QED) is 0.700. The Hall–Kier alpha value is -2.24. The highest BCUT2D eigenvalue weighted by Gasteiger charge is 2.27. The van der Waals surface area contributed by atoms with E-state index in [-0.39, 0.29) is 24.4 Å². The second-order valence-electron chi connectivity index (χ2n) is 5.70. The molecule has 0 spiro atoms. The second kappa shape index (κ2) is 8.41. The molecule has 6 nitrogen and oxygen atoms in total. The molecule has 0 amide bonds. The van der Waals surface area contributed by atoms with Gasteiger partial charge in [-0.1, -0.05) is 57.5 Å². The van der Waals surface area contributed by atoms with Gasteiger partial charge in [0.25, 0.3) is 0 Å². The van der Waals surface area contributed by atoms with Crippen molar-refractivity contribution in [3.8, 4) is 0 Å². The molecule has 23 heavy (non-hydrogen) atoms. The topological polar surface area (TPSA) is 69.9 Å². The zero-order valence-corrected chi connectivity index (χ0v) is 14.0. The number of ether oxygens (including phenoxy) is 1. The standard InChI is InChI=1S/C17H24N4O2/c1-4-11-21-15(18-19-20-21)12-23-17(22)16(13(3)5-2)14-9-7-6-8-10-14/h6-10,13,16H,4-5,11-12H2,1-3H3. The van der Waals surface area contributed by atoms with E-state index in [1.54, 1.807) is 4.68 Å². The highest BCUT2D eigenvalue weighted by Crippen LogP contribution is 2.28. The number of rotatable bonds is 8. The summed E-state index contributed by atoms with van der Waals surface area (Å²) in [6.07, 6.45) is 1.83. The Morgan fingerprint density at radius 3 is 2.65 bits per heavy atom. The lowest BCUT2D eigenvalue weighted by atomic mass is 9.86. The molecule has 2 unspecified atom stereocenters. The molecule has 0 radical (unpaired) electrons. The fourth-order valence-corrected chi connectivity index (χ4v) is 2.53. The first-order chi connectivity index (χ1) is 11.2. The minimum absolute atomic E-state index is 0.103. The SMILES string of the molecule is CCCn1nnnc1COC(=O)C(c1ccccc1)C(C)CC. The number of hydrogen-bond donors (Lipinski definition) is 0. The van der Waals surface area contributed by atoms with Crippen molar-refractivity contribution in [3.05, 3.63) is 41.7 Å². The molecule has 0 saturated carbocycles. The predicted octanol–water partition coefficient (Wildman–Crippen LogP) is 2.96. The van der Waals surface area contributed by atoms with E-state index >= 15 is 0 Å². The summed E-state index contributed by atoms with van der Waals surface area (Å²) in [4.78, 5) is 12.6. The predicted molar refractivity (Wildman–Crippen MR) is 86.5 cm³/mol. The Labute approximate surface area is 136 Å². The van der Waals surface area contributed by atoms with E-state index in [9.17, 15) is 4.79 Å². The Morgan fingerprint density at radius 1 is 1.26 bits per heavy atom. The van der Waals surface area contributed by atoms with Crippen LogP contribution in [0.3, 0.4) is 0 Å². The summed E-state index contributed by atoms with van der Waals surface area (Å²) in [6.45, 7) is 7.01. The number of tetrazole rings is 1. The maximum Gasteiger partial charge on any atom is 0.314 e. The average molecular weight is 316 g/mol. The number of aryl methyl sites for hydroxylation is 1. The minimum Gasteiger partial charge on any atom is -0.457 e. The molecule has 0 aliphatic heterocycles. The van der Waals surface area contributed by atoms with Gasteiger partial charge in [0.2, 0.25) is 0 Å². The summed E-state index contributed by atoms with van der Waals surface area (Å²) in [5, 5.41) is 11.5. The molecule has 1 heterocycles. The van der Waals surface area contributed by atoms with Crippen LogP contribution in [-0.4, -0.2) is 26.2 Å². The number of hydrogen-bond acceptors (Lipinski definition) is 5. The van der Waals surface area contributed by atoms with Gasteiger partial charge in [0.05, 0.1) is 5.92 Å². The van der Waals surface area contributed by atoms with Gasteiger partial charge in [-0.25, -0.2) is 4.68 Å². The summed E-state index contributed by atoms with van der Waals surface area (Å²) in [6, 6.07) is 9.78. The van der Waals surface area contributed by atoms with Crippen molar-refractivity contribution >= 4 is 5.97 Å². The van der Waals surface area contributed by atoms with E-state index in [0.717, 1.165) is 18.4 Å². The smallest absolute Gasteiger partial charge is 0.314 e. The van der Waals surface area contributed by atoms with Crippen molar-refractivity contribution in [3.63, 3.8) is 0 Å².